The van der Waals surface area contributed by atoms with Gasteiger partial charge >= 0.3 is 0 Å². The molecule has 1 aromatic rings. The number of carbonyl (C=O) groups is 2. The van der Waals surface area contributed by atoms with E-state index in [2.05, 4.69) is 13.8 Å². The van der Waals surface area contributed by atoms with Crippen LogP contribution in [0.25, 0.3) is 0 Å². The number of hydrogen-bond donors (Lipinski definition) is 0. The highest BCUT2D eigenvalue weighted by Crippen LogP contribution is 2.41. The summed E-state index contributed by atoms with van der Waals surface area (Å²) in [6.07, 6.45) is 0.377. The number of amides is 1. The summed E-state index contributed by atoms with van der Waals surface area (Å²) >= 11 is 0. The van der Waals surface area contributed by atoms with E-state index in [-0.39, 0.29) is 11.7 Å². The summed E-state index contributed by atoms with van der Waals surface area (Å²) in [5.74, 6) is 0.540. The summed E-state index contributed by atoms with van der Waals surface area (Å²) in [6.45, 7) is 8.44. The SMILES string of the molecule is CC(=O)CC1(C)c2ccccc2C(=O)N1CC(C)C. The number of benzene rings is 1. The lowest BCUT2D eigenvalue weighted by Gasteiger charge is -2.36. The van der Waals surface area contributed by atoms with Crippen LogP contribution >= 0.6 is 0 Å². The zero-order chi connectivity index (χ0) is 14.2. The third kappa shape index (κ3) is 2.29. The molecule has 0 saturated heterocycles. The van der Waals surface area contributed by atoms with E-state index in [1.54, 1.807) is 6.92 Å². The molecule has 1 amide bonds. The molecule has 1 heterocycles. The maximum absolute atomic E-state index is 12.5. The molecular formula is C16H21NO2. The van der Waals surface area contributed by atoms with Crippen molar-refractivity contribution in [1.29, 1.82) is 0 Å². The first-order valence-corrected chi connectivity index (χ1v) is 6.77. The van der Waals surface area contributed by atoms with Crippen LogP contribution in [0, 0.1) is 5.92 Å². The normalized spacial score (nSPS) is 21.9. The Bertz CT molecular complexity index is 521. The third-order valence-corrected chi connectivity index (χ3v) is 3.72. The predicted octanol–water partition coefficient (Wildman–Crippen LogP) is 2.99. The van der Waals surface area contributed by atoms with Crippen LogP contribution < -0.4 is 0 Å². The molecule has 0 aromatic heterocycles. The molecular weight excluding hydrogens is 238 g/mol. The van der Waals surface area contributed by atoms with Crippen molar-refractivity contribution in [3.8, 4) is 0 Å². The molecule has 3 heteroatoms. The largest absolute Gasteiger partial charge is 0.328 e. The summed E-state index contributed by atoms with van der Waals surface area (Å²) in [7, 11) is 0. The molecule has 1 aromatic carbocycles. The number of rotatable bonds is 4. The van der Waals surface area contributed by atoms with E-state index in [4.69, 9.17) is 0 Å². The first-order valence-electron chi connectivity index (χ1n) is 6.77. The molecule has 1 aliphatic rings. The van der Waals surface area contributed by atoms with E-state index in [1.165, 1.54) is 0 Å². The van der Waals surface area contributed by atoms with Crippen LogP contribution in [0.4, 0.5) is 0 Å². The fourth-order valence-electron chi connectivity index (χ4n) is 2.98. The van der Waals surface area contributed by atoms with Gasteiger partial charge in [0.25, 0.3) is 5.91 Å². The Kier molecular flexibility index (Phi) is 3.48. The van der Waals surface area contributed by atoms with Gasteiger partial charge in [-0.3, -0.25) is 9.59 Å². The van der Waals surface area contributed by atoms with Crippen LogP contribution in [0.3, 0.4) is 0 Å². The van der Waals surface area contributed by atoms with Gasteiger partial charge in [0.1, 0.15) is 5.78 Å². The van der Waals surface area contributed by atoms with E-state index >= 15 is 0 Å². The molecule has 0 spiro atoms. The Morgan fingerprint density at radius 2 is 1.95 bits per heavy atom. The summed E-state index contributed by atoms with van der Waals surface area (Å²) < 4.78 is 0. The number of hydrogen-bond acceptors (Lipinski definition) is 2. The summed E-state index contributed by atoms with van der Waals surface area (Å²) in [4.78, 5) is 26.0. The fraction of sp³-hybridized carbons (Fsp3) is 0.500. The Labute approximate surface area is 114 Å². The quantitative estimate of drug-likeness (QED) is 0.833. The molecule has 1 aliphatic heterocycles. The topological polar surface area (TPSA) is 37.4 Å². The number of nitrogens with zero attached hydrogens (tertiary/aromatic N) is 1. The van der Waals surface area contributed by atoms with E-state index in [9.17, 15) is 9.59 Å². The molecule has 0 radical (unpaired) electrons. The lowest BCUT2D eigenvalue weighted by Crippen LogP contribution is -2.44. The minimum atomic E-state index is -0.496. The average molecular weight is 259 g/mol. The summed E-state index contributed by atoms with van der Waals surface area (Å²) in [5.41, 5.74) is 1.23. The third-order valence-electron chi connectivity index (χ3n) is 3.72. The number of ketones is 1. The summed E-state index contributed by atoms with van der Waals surface area (Å²) in [5, 5.41) is 0. The van der Waals surface area contributed by atoms with Gasteiger partial charge in [-0.25, -0.2) is 0 Å². The standard InChI is InChI=1S/C16H21NO2/c1-11(2)10-17-15(19)13-7-5-6-8-14(13)16(17,4)9-12(3)18/h5-8,11H,9-10H2,1-4H3. The highest BCUT2D eigenvalue weighted by atomic mass is 16.2. The van der Waals surface area contributed by atoms with Crippen LogP contribution in [0.2, 0.25) is 0 Å². The Hall–Kier alpha value is -1.64. The van der Waals surface area contributed by atoms with Crippen molar-refractivity contribution < 1.29 is 9.59 Å². The number of fused-ring (bicyclic) bond motifs is 1. The molecule has 0 N–H and O–H groups in total. The maximum atomic E-state index is 12.5. The van der Waals surface area contributed by atoms with Crippen LogP contribution in [0.1, 0.15) is 50.0 Å². The van der Waals surface area contributed by atoms with Crippen molar-refractivity contribution in [3.63, 3.8) is 0 Å². The second-order valence-electron chi connectivity index (χ2n) is 6.01. The molecule has 0 fully saturated rings. The van der Waals surface area contributed by atoms with Gasteiger partial charge in [0, 0.05) is 18.5 Å². The van der Waals surface area contributed by atoms with Crippen molar-refractivity contribution in [1.82, 2.24) is 4.90 Å². The van der Waals surface area contributed by atoms with Gasteiger partial charge in [-0.15, -0.1) is 0 Å². The molecule has 0 aliphatic carbocycles. The Morgan fingerprint density at radius 1 is 1.32 bits per heavy atom. The number of carbonyl (C=O) groups excluding carboxylic acids is 2. The lowest BCUT2D eigenvalue weighted by atomic mass is 9.86. The first kappa shape index (κ1) is 13.8. The summed E-state index contributed by atoms with van der Waals surface area (Å²) in [6, 6.07) is 7.64. The van der Waals surface area contributed by atoms with Crippen molar-refractivity contribution in [2.24, 2.45) is 5.92 Å². The van der Waals surface area contributed by atoms with Gasteiger partial charge in [0.15, 0.2) is 0 Å². The highest BCUT2D eigenvalue weighted by molar-refractivity contribution is 6.00. The van der Waals surface area contributed by atoms with Gasteiger partial charge < -0.3 is 4.90 Å². The van der Waals surface area contributed by atoms with Crippen LogP contribution in [-0.4, -0.2) is 23.1 Å². The van der Waals surface area contributed by atoms with Crippen LogP contribution in [0.5, 0.6) is 0 Å². The number of Topliss-reactive ketones (excluding diaryl/α,β-unsaturated/α-hetero) is 1. The molecule has 1 atom stereocenters. The van der Waals surface area contributed by atoms with E-state index < -0.39 is 5.54 Å². The minimum absolute atomic E-state index is 0.0491. The Morgan fingerprint density at radius 3 is 2.53 bits per heavy atom. The smallest absolute Gasteiger partial charge is 0.254 e. The van der Waals surface area contributed by atoms with Gasteiger partial charge in [-0.2, -0.15) is 0 Å². The van der Waals surface area contributed by atoms with E-state index in [1.807, 2.05) is 36.1 Å². The van der Waals surface area contributed by atoms with E-state index in [0.717, 1.165) is 11.1 Å². The highest BCUT2D eigenvalue weighted by Gasteiger charge is 2.46. The predicted molar refractivity (Wildman–Crippen MR) is 75.0 cm³/mol. The van der Waals surface area contributed by atoms with Gasteiger partial charge in [0.05, 0.1) is 5.54 Å². The lowest BCUT2D eigenvalue weighted by molar-refractivity contribution is -0.119. The van der Waals surface area contributed by atoms with Crippen molar-refractivity contribution in [2.75, 3.05) is 6.54 Å². The van der Waals surface area contributed by atoms with Crippen molar-refractivity contribution in [2.45, 2.75) is 39.7 Å². The van der Waals surface area contributed by atoms with Crippen LogP contribution in [0.15, 0.2) is 24.3 Å². The molecule has 102 valence electrons. The average Bonchev–Trinajstić information content (AvgIpc) is 2.51. The molecule has 0 saturated carbocycles. The Balaban J connectivity index is 2.50. The zero-order valence-electron chi connectivity index (χ0n) is 12.1. The second kappa shape index (κ2) is 4.80. The van der Waals surface area contributed by atoms with Crippen LogP contribution in [-0.2, 0) is 10.3 Å². The van der Waals surface area contributed by atoms with Crippen molar-refractivity contribution >= 4 is 11.7 Å². The molecule has 2 rings (SSSR count). The first-order chi connectivity index (χ1) is 8.86. The molecule has 3 nitrogen and oxygen atoms in total. The van der Waals surface area contributed by atoms with Crippen molar-refractivity contribution in [3.05, 3.63) is 35.4 Å². The molecule has 19 heavy (non-hydrogen) atoms. The maximum Gasteiger partial charge on any atom is 0.254 e. The van der Waals surface area contributed by atoms with Gasteiger partial charge in [-0.1, -0.05) is 32.0 Å². The second-order valence-corrected chi connectivity index (χ2v) is 6.01. The van der Waals surface area contributed by atoms with Gasteiger partial charge in [-0.05, 0) is 31.4 Å². The monoisotopic (exact) mass is 259 g/mol. The zero-order valence-corrected chi connectivity index (χ0v) is 12.1. The van der Waals surface area contributed by atoms with Gasteiger partial charge in [0.2, 0.25) is 0 Å². The molecule has 0 bridgehead atoms. The fourth-order valence-corrected chi connectivity index (χ4v) is 2.98. The van der Waals surface area contributed by atoms with E-state index in [0.29, 0.717) is 18.9 Å². The molecule has 1 unspecified atom stereocenters. The minimum Gasteiger partial charge on any atom is -0.328 e.